The summed E-state index contributed by atoms with van der Waals surface area (Å²) in [5.41, 5.74) is 2.44. The minimum atomic E-state index is -0.728. The van der Waals surface area contributed by atoms with Crippen molar-refractivity contribution in [1.82, 2.24) is 24.7 Å². The summed E-state index contributed by atoms with van der Waals surface area (Å²) in [6, 6.07) is 15.2. The molecule has 2 aliphatic rings. The number of nitrogens with one attached hydrogen (secondary N) is 2. The molecule has 3 aromatic rings. The summed E-state index contributed by atoms with van der Waals surface area (Å²) in [5, 5.41) is 6.21. The van der Waals surface area contributed by atoms with E-state index in [0.29, 0.717) is 55.4 Å². The van der Waals surface area contributed by atoms with Gasteiger partial charge in [0.05, 0.1) is 18.4 Å². The molecule has 0 saturated carbocycles. The number of aryl methyl sites for hydroxylation is 1. The summed E-state index contributed by atoms with van der Waals surface area (Å²) in [4.78, 5) is 47.2. The first-order valence-corrected chi connectivity index (χ1v) is 12.8. The van der Waals surface area contributed by atoms with Gasteiger partial charge in [0.15, 0.2) is 0 Å². The summed E-state index contributed by atoms with van der Waals surface area (Å²) in [7, 11) is 0. The van der Waals surface area contributed by atoms with E-state index in [4.69, 9.17) is 11.6 Å². The molecule has 2 aliphatic heterocycles. The molecule has 2 N–H and O–H groups in total. The van der Waals surface area contributed by atoms with Crippen molar-refractivity contribution in [3.05, 3.63) is 82.9 Å². The zero-order valence-corrected chi connectivity index (χ0v) is 21.3. The van der Waals surface area contributed by atoms with Crippen LogP contribution in [0.3, 0.4) is 0 Å². The van der Waals surface area contributed by atoms with E-state index in [0.717, 1.165) is 11.3 Å². The number of hydrogen-bond donors (Lipinski definition) is 2. The lowest BCUT2D eigenvalue weighted by atomic mass is 10.0. The largest absolute Gasteiger partial charge is 0.341 e. The molecule has 37 heavy (non-hydrogen) atoms. The van der Waals surface area contributed by atoms with Crippen LogP contribution in [0.25, 0.3) is 0 Å². The summed E-state index contributed by atoms with van der Waals surface area (Å²) in [5.74, 6) is 0.564. The molecule has 0 radical (unpaired) electrons. The van der Waals surface area contributed by atoms with Gasteiger partial charge >= 0.3 is 12.1 Å². The summed E-state index contributed by atoms with van der Waals surface area (Å²) in [6.07, 6.45) is 3.49. The first-order valence-electron chi connectivity index (χ1n) is 12.4. The van der Waals surface area contributed by atoms with E-state index in [9.17, 15) is 14.4 Å². The summed E-state index contributed by atoms with van der Waals surface area (Å²) >= 11 is 5.93. The number of imidazole rings is 1. The number of likely N-dealkylation sites (tertiary alicyclic amines) is 1. The average molecular weight is 521 g/mol. The number of benzene rings is 2. The fraction of sp³-hybridized carbons (Fsp3) is 0.333. The average Bonchev–Trinajstić information content (AvgIpc) is 3.44. The number of urea groups is 1. The molecule has 1 saturated heterocycles. The smallest absolute Gasteiger partial charge is 0.330 e. The van der Waals surface area contributed by atoms with Crippen LogP contribution >= 0.6 is 11.6 Å². The number of anilines is 1. The Balaban J connectivity index is 1.23. The molecule has 1 atom stereocenters. The Morgan fingerprint density at radius 1 is 1.08 bits per heavy atom. The number of rotatable bonds is 6. The number of halogens is 1. The van der Waals surface area contributed by atoms with Crippen molar-refractivity contribution in [2.24, 2.45) is 0 Å². The Bertz CT molecular complexity index is 1290. The highest BCUT2D eigenvalue weighted by molar-refractivity contribution is 6.30. The molecule has 0 spiro atoms. The number of nitrogens with zero attached hydrogens (tertiary/aromatic N) is 4. The van der Waals surface area contributed by atoms with Gasteiger partial charge in [0, 0.05) is 36.3 Å². The van der Waals surface area contributed by atoms with Gasteiger partial charge in [0.2, 0.25) is 5.91 Å². The van der Waals surface area contributed by atoms with E-state index in [1.807, 2.05) is 42.2 Å². The van der Waals surface area contributed by atoms with Crippen LogP contribution in [-0.4, -0.2) is 62.5 Å². The van der Waals surface area contributed by atoms with Crippen molar-refractivity contribution < 1.29 is 14.4 Å². The van der Waals surface area contributed by atoms with Gasteiger partial charge in [-0.25, -0.2) is 14.6 Å². The van der Waals surface area contributed by atoms with Crippen LogP contribution in [0, 0.1) is 6.92 Å². The molecule has 1 aromatic heterocycles. The Labute approximate surface area is 220 Å². The van der Waals surface area contributed by atoms with Gasteiger partial charge < -0.3 is 20.4 Å². The third-order valence-corrected chi connectivity index (χ3v) is 7.24. The van der Waals surface area contributed by atoms with E-state index < -0.39 is 12.1 Å². The lowest BCUT2D eigenvalue weighted by Gasteiger charge is -2.37. The Morgan fingerprint density at radius 2 is 1.78 bits per heavy atom. The van der Waals surface area contributed by atoms with Gasteiger partial charge in [-0.1, -0.05) is 41.9 Å². The highest BCUT2D eigenvalue weighted by Gasteiger charge is 2.37. The van der Waals surface area contributed by atoms with Gasteiger partial charge in [-0.2, -0.15) is 0 Å². The molecule has 0 bridgehead atoms. The van der Waals surface area contributed by atoms with E-state index in [1.54, 1.807) is 39.9 Å². The number of amides is 4. The maximum atomic E-state index is 13.6. The minimum Gasteiger partial charge on any atom is -0.341 e. The maximum absolute atomic E-state index is 13.6. The van der Waals surface area contributed by atoms with Crippen molar-refractivity contribution >= 4 is 35.3 Å². The van der Waals surface area contributed by atoms with Crippen LogP contribution in [0.5, 0.6) is 0 Å². The molecule has 10 heteroatoms. The van der Waals surface area contributed by atoms with Crippen LogP contribution < -0.4 is 10.6 Å². The van der Waals surface area contributed by atoms with Gasteiger partial charge in [-0.15, -0.1) is 0 Å². The maximum Gasteiger partial charge on any atom is 0.330 e. The standard InChI is InChI=1S/C27H29ClN6O3/c1-18-29-16-23-17-33(27(37)34(18)23)22-11-13-32(14-12-22)25(35)24(15-19-5-3-2-4-6-19)31-26(36)30-21-9-7-20(28)8-10-21/h2-10,16,22,24H,11-15,17H2,1H3,(H2,30,31,36)/t24-/m0/s1. The predicted octanol–water partition coefficient (Wildman–Crippen LogP) is 4.05. The van der Waals surface area contributed by atoms with Crippen LogP contribution in [0.1, 0.15) is 29.9 Å². The third kappa shape index (κ3) is 5.46. The molecule has 3 heterocycles. The van der Waals surface area contributed by atoms with Crippen LogP contribution in [0.4, 0.5) is 15.3 Å². The first kappa shape index (κ1) is 24.8. The van der Waals surface area contributed by atoms with Crippen molar-refractivity contribution in [2.75, 3.05) is 18.4 Å². The molecule has 0 unspecified atom stereocenters. The Hall–Kier alpha value is -3.85. The lowest BCUT2D eigenvalue weighted by molar-refractivity contribution is -0.134. The van der Waals surface area contributed by atoms with Crippen molar-refractivity contribution in [3.63, 3.8) is 0 Å². The second-order valence-electron chi connectivity index (χ2n) is 9.45. The van der Waals surface area contributed by atoms with E-state index in [2.05, 4.69) is 15.6 Å². The SMILES string of the molecule is Cc1ncc2n1C(=O)N(C1CCN(C(=O)[C@H](Cc3ccccc3)NC(=O)Nc3ccc(Cl)cc3)CC1)C2. The highest BCUT2D eigenvalue weighted by Crippen LogP contribution is 2.26. The predicted molar refractivity (Wildman–Crippen MR) is 140 cm³/mol. The summed E-state index contributed by atoms with van der Waals surface area (Å²) in [6.45, 7) is 3.41. The fourth-order valence-corrected chi connectivity index (χ4v) is 5.17. The number of piperidine rings is 1. The van der Waals surface area contributed by atoms with Crippen LogP contribution in [0.15, 0.2) is 60.8 Å². The second-order valence-corrected chi connectivity index (χ2v) is 9.88. The number of carbonyl (C=O) groups excluding carboxylic acids is 3. The van der Waals surface area contributed by atoms with Gasteiger partial charge in [-0.05, 0) is 49.6 Å². The minimum absolute atomic E-state index is 0.0442. The number of carbonyl (C=O) groups is 3. The van der Waals surface area contributed by atoms with E-state index in [1.165, 1.54) is 0 Å². The Kier molecular flexibility index (Phi) is 7.14. The quantitative estimate of drug-likeness (QED) is 0.512. The van der Waals surface area contributed by atoms with Crippen molar-refractivity contribution in [2.45, 2.75) is 44.8 Å². The molecule has 9 nitrogen and oxygen atoms in total. The first-order chi connectivity index (χ1) is 17.9. The summed E-state index contributed by atoms with van der Waals surface area (Å²) < 4.78 is 1.66. The van der Waals surface area contributed by atoms with Gasteiger partial charge in [0.1, 0.15) is 11.9 Å². The molecular weight excluding hydrogens is 492 g/mol. The second kappa shape index (κ2) is 10.6. The van der Waals surface area contributed by atoms with Crippen molar-refractivity contribution in [1.29, 1.82) is 0 Å². The molecule has 192 valence electrons. The highest BCUT2D eigenvalue weighted by atomic mass is 35.5. The lowest BCUT2D eigenvalue weighted by Crippen LogP contribution is -2.54. The van der Waals surface area contributed by atoms with Crippen LogP contribution in [-0.2, 0) is 17.8 Å². The van der Waals surface area contributed by atoms with Gasteiger partial charge in [0.25, 0.3) is 0 Å². The topological polar surface area (TPSA) is 99.6 Å². The molecule has 5 rings (SSSR count). The number of hydrogen-bond acceptors (Lipinski definition) is 4. The fourth-order valence-electron chi connectivity index (χ4n) is 5.05. The molecule has 1 fully saturated rings. The third-order valence-electron chi connectivity index (χ3n) is 6.99. The van der Waals surface area contributed by atoms with E-state index >= 15 is 0 Å². The van der Waals surface area contributed by atoms with Gasteiger partial charge in [-0.3, -0.25) is 9.36 Å². The molecule has 4 amide bonds. The zero-order valence-electron chi connectivity index (χ0n) is 20.6. The van der Waals surface area contributed by atoms with Crippen LogP contribution in [0.2, 0.25) is 5.02 Å². The van der Waals surface area contributed by atoms with Crippen molar-refractivity contribution in [3.8, 4) is 0 Å². The van der Waals surface area contributed by atoms with E-state index in [-0.39, 0.29) is 18.0 Å². The zero-order chi connectivity index (χ0) is 25.9. The number of aromatic nitrogens is 2. The monoisotopic (exact) mass is 520 g/mol. The molecule has 2 aromatic carbocycles. The number of fused-ring (bicyclic) bond motifs is 1. The molecule has 0 aliphatic carbocycles. The Morgan fingerprint density at radius 3 is 2.46 bits per heavy atom. The molecular formula is C27H29ClN6O3. The normalized spacial score (nSPS) is 16.4.